The highest BCUT2D eigenvalue weighted by Gasteiger charge is 2.64. The van der Waals surface area contributed by atoms with Gasteiger partial charge in [0.05, 0.1) is 12.1 Å². The topological polar surface area (TPSA) is 83.8 Å². The van der Waals surface area contributed by atoms with Gasteiger partial charge in [0.1, 0.15) is 12.2 Å². The number of nitrogens with zero attached hydrogens (tertiary/aromatic N) is 5. The fraction of sp³-hybridized carbons (Fsp3) is 0.516. The van der Waals surface area contributed by atoms with Crippen LogP contribution in [0.25, 0.3) is 11.4 Å². The van der Waals surface area contributed by atoms with Crippen molar-refractivity contribution in [1.29, 1.82) is 0 Å². The largest absolute Gasteiger partial charge is 0.482 e. The summed E-state index contributed by atoms with van der Waals surface area (Å²) in [6.45, 7) is 7.88. The molecule has 3 heterocycles. The third kappa shape index (κ3) is 3.89. The van der Waals surface area contributed by atoms with Gasteiger partial charge in [0.2, 0.25) is 5.82 Å². The van der Waals surface area contributed by atoms with Gasteiger partial charge in [-0.3, -0.25) is 0 Å². The van der Waals surface area contributed by atoms with Gasteiger partial charge in [0.25, 0.3) is 0 Å². The lowest BCUT2D eigenvalue weighted by Crippen LogP contribution is -2.65. The minimum atomic E-state index is -0.212. The number of ether oxygens (including phenoxy) is 4. The molecule has 0 radical (unpaired) electrons. The molecule has 7 rings (SSSR count). The van der Waals surface area contributed by atoms with E-state index in [2.05, 4.69) is 78.5 Å². The third-order valence-corrected chi connectivity index (χ3v) is 9.12. The van der Waals surface area contributed by atoms with E-state index in [1.807, 2.05) is 18.2 Å². The maximum Gasteiger partial charge on any atom is 0.204 e. The summed E-state index contributed by atoms with van der Waals surface area (Å²) in [5.41, 5.74) is 4.40. The Labute approximate surface area is 235 Å². The van der Waals surface area contributed by atoms with Crippen molar-refractivity contribution in [1.82, 2.24) is 25.1 Å². The van der Waals surface area contributed by atoms with Crippen molar-refractivity contribution in [3.05, 3.63) is 65.2 Å². The lowest BCUT2D eigenvalue weighted by Gasteiger charge is -2.56. The highest BCUT2D eigenvalue weighted by Crippen LogP contribution is 2.62. The lowest BCUT2D eigenvalue weighted by atomic mass is 9.53. The zero-order chi connectivity index (χ0) is 27.6. The van der Waals surface area contributed by atoms with Gasteiger partial charge in [-0.05, 0) is 69.6 Å². The maximum absolute atomic E-state index is 6.85. The summed E-state index contributed by atoms with van der Waals surface area (Å²) in [6, 6.07) is 12.9. The van der Waals surface area contributed by atoms with Crippen molar-refractivity contribution in [3.8, 4) is 22.9 Å². The predicted octanol–water partition coefficient (Wildman–Crippen LogP) is 4.11. The zero-order valence-corrected chi connectivity index (χ0v) is 23.8. The van der Waals surface area contributed by atoms with Gasteiger partial charge in [-0.1, -0.05) is 42.5 Å². The number of hydrogen-bond donors (Lipinski definition) is 0. The van der Waals surface area contributed by atoms with Crippen LogP contribution in [0.15, 0.2) is 48.6 Å². The molecule has 40 heavy (non-hydrogen) atoms. The molecule has 0 saturated carbocycles. The summed E-state index contributed by atoms with van der Waals surface area (Å²) >= 11 is 0. The second-order valence-electron chi connectivity index (χ2n) is 12.5. The Kier molecular flexibility index (Phi) is 6.03. The van der Waals surface area contributed by atoms with E-state index in [4.69, 9.17) is 18.9 Å². The average Bonchev–Trinajstić information content (AvgIpc) is 3.58. The first-order chi connectivity index (χ1) is 19.3. The number of likely N-dealkylation sites (tertiary alicyclic amines) is 1. The van der Waals surface area contributed by atoms with E-state index in [0.29, 0.717) is 24.4 Å². The normalized spacial score (nSPS) is 28.3. The highest BCUT2D eigenvalue weighted by molar-refractivity contribution is 5.62. The van der Waals surface area contributed by atoms with Crippen LogP contribution in [0.4, 0.5) is 0 Å². The van der Waals surface area contributed by atoms with E-state index in [1.165, 1.54) is 11.1 Å². The van der Waals surface area contributed by atoms with Crippen LogP contribution < -0.4 is 9.47 Å². The second kappa shape index (κ2) is 9.39. The molecule has 9 nitrogen and oxygen atoms in total. The van der Waals surface area contributed by atoms with Gasteiger partial charge in [-0.2, -0.15) is 4.80 Å². The number of aromatic nitrogens is 4. The molecule has 3 aromatic rings. The van der Waals surface area contributed by atoms with Crippen molar-refractivity contribution in [2.75, 3.05) is 27.5 Å². The van der Waals surface area contributed by atoms with E-state index in [-0.39, 0.29) is 30.0 Å². The van der Waals surface area contributed by atoms with Crippen molar-refractivity contribution in [2.24, 2.45) is 5.92 Å². The Hall–Kier alpha value is -3.27. The van der Waals surface area contributed by atoms with Crippen LogP contribution in [0.2, 0.25) is 0 Å². The van der Waals surface area contributed by atoms with Gasteiger partial charge < -0.3 is 23.8 Å². The van der Waals surface area contributed by atoms with Gasteiger partial charge in [-0.25, -0.2) is 0 Å². The zero-order valence-electron chi connectivity index (χ0n) is 23.8. The van der Waals surface area contributed by atoms with E-state index >= 15 is 0 Å². The summed E-state index contributed by atoms with van der Waals surface area (Å²) in [4.78, 5) is 4.17. The molecule has 2 aliphatic carbocycles. The summed E-state index contributed by atoms with van der Waals surface area (Å²) in [5.74, 6) is 2.64. The number of hydrogen-bond acceptors (Lipinski definition) is 8. The van der Waals surface area contributed by atoms with Crippen LogP contribution >= 0.6 is 0 Å². The number of benzene rings is 2. The van der Waals surface area contributed by atoms with E-state index < -0.39 is 0 Å². The molecule has 2 bridgehead atoms. The SMILES string of the molecule is COCOc1ccc2c3c1O[C@H]1[C@@H](OCc4ccc(-c5nnn(C(C)(C)C)n5)cc4)C=C[C@H]4[C@@H](C2)N(C)CC[C@@]341. The smallest absolute Gasteiger partial charge is 0.204 e. The minimum absolute atomic E-state index is 0.101. The quantitative estimate of drug-likeness (QED) is 0.325. The fourth-order valence-corrected chi connectivity index (χ4v) is 7.15. The molecule has 1 aromatic heterocycles. The van der Waals surface area contributed by atoms with Crippen LogP contribution in [-0.2, 0) is 33.5 Å². The Morgan fingerprint density at radius 3 is 2.67 bits per heavy atom. The molecule has 1 spiro atoms. The van der Waals surface area contributed by atoms with Crippen LogP contribution in [0.1, 0.15) is 43.9 Å². The molecule has 1 fully saturated rings. The molecule has 0 N–H and O–H groups in total. The molecule has 4 aliphatic rings. The number of tetrazole rings is 1. The molecule has 1 saturated heterocycles. The highest BCUT2D eigenvalue weighted by atomic mass is 16.7. The molecule has 2 aliphatic heterocycles. The van der Waals surface area contributed by atoms with Crippen molar-refractivity contribution in [2.45, 2.75) is 69.4 Å². The maximum atomic E-state index is 6.85. The Balaban J connectivity index is 1.14. The van der Waals surface area contributed by atoms with Crippen LogP contribution in [-0.4, -0.2) is 70.9 Å². The Bertz CT molecular complexity index is 1440. The summed E-state index contributed by atoms with van der Waals surface area (Å²) < 4.78 is 24.6. The van der Waals surface area contributed by atoms with E-state index in [0.717, 1.165) is 42.0 Å². The summed E-state index contributed by atoms with van der Waals surface area (Å²) in [7, 11) is 3.89. The molecular formula is C31H37N5O4. The molecule has 0 unspecified atom stereocenters. The van der Waals surface area contributed by atoms with Gasteiger partial charge in [0, 0.05) is 35.6 Å². The molecule has 5 atom stereocenters. The van der Waals surface area contributed by atoms with Gasteiger partial charge >= 0.3 is 0 Å². The average molecular weight is 544 g/mol. The minimum Gasteiger partial charge on any atom is -0.482 e. The molecule has 2 aromatic carbocycles. The molecule has 0 amide bonds. The number of rotatable bonds is 7. The van der Waals surface area contributed by atoms with Crippen LogP contribution in [0, 0.1) is 5.92 Å². The first-order valence-electron chi connectivity index (χ1n) is 14.1. The van der Waals surface area contributed by atoms with Crippen molar-refractivity contribution < 1.29 is 18.9 Å². The van der Waals surface area contributed by atoms with E-state index in [1.54, 1.807) is 11.9 Å². The van der Waals surface area contributed by atoms with Gasteiger partial charge in [0.15, 0.2) is 18.3 Å². The van der Waals surface area contributed by atoms with Crippen LogP contribution in [0.5, 0.6) is 11.5 Å². The molecule has 9 heteroatoms. The van der Waals surface area contributed by atoms with E-state index in [9.17, 15) is 0 Å². The lowest BCUT2D eigenvalue weighted by molar-refractivity contribution is -0.0757. The Morgan fingerprint density at radius 2 is 1.93 bits per heavy atom. The van der Waals surface area contributed by atoms with Crippen molar-refractivity contribution >= 4 is 0 Å². The number of methoxy groups -OCH3 is 1. The third-order valence-electron chi connectivity index (χ3n) is 9.12. The number of likely N-dealkylation sites (N-methyl/N-ethyl adjacent to an activating group) is 1. The molecule has 210 valence electrons. The fourth-order valence-electron chi connectivity index (χ4n) is 7.15. The monoisotopic (exact) mass is 543 g/mol. The summed E-state index contributed by atoms with van der Waals surface area (Å²) in [6.07, 6.45) is 6.42. The van der Waals surface area contributed by atoms with Crippen molar-refractivity contribution in [3.63, 3.8) is 0 Å². The second-order valence-corrected chi connectivity index (χ2v) is 12.5. The first kappa shape index (κ1) is 25.7. The standard InChI is InChI=1S/C31H37N5O4/c1-30(2,3)36-33-29(32-34-36)20-8-6-19(7-9-20)17-38-25-13-11-22-23-16-21-10-12-24(39-18-37-5)27-26(21)31(22,28(25)40-27)14-15-35(23)4/h6-13,22-23,25,28H,14-18H2,1-5H3/t22-,23+,25-,28-,31-/m0/s1. The summed E-state index contributed by atoms with van der Waals surface area (Å²) in [5, 5.41) is 13.0. The van der Waals surface area contributed by atoms with Gasteiger partial charge in [-0.15, -0.1) is 10.2 Å². The number of piperidine rings is 1. The first-order valence-corrected chi connectivity index (χ1v) is 14.1. The van der Waals surface area contributed by atoms with Crippen LogP contribution in [0.3, 0.4) is 0 Å². The Morgan fingerprint density at radius 1 is 1.10 bits per heavy atom. The molecular weight excluding hydrogens is 506 g/mol. The predicted molar refractivity (Wildman–Crippen MR) is 149 cm³/mol.